The van der Waals surface area contributed by atoms with Crippen molar-refractivity contribution in [1.29, 1.82) is 0 Å². The number of carbonyl (C=O) groups is 1. The number of aromatic nitrogens is 2. The monoisotopic (exact) mass is 463 g/mol. The molecule has 1 fully saturated rings. The minimum absolute atomic E-state index is 0.221. The molecule has 0 bridgehead atoms. The first-order valence-electron chi connectivity index (χ1n) is 9.46. The van der Waals surface area contributed by atoms with E-state index in [9.17, 15) is 4.79 Å². The Kier molecular flexibility index (Phi) is 6.32. The molecule has 1 N–H and O–H groups in total. The number of carbonyl (C=O) groups excluding carboxylic acids is 1. The van der Waals surface area contributed by atoms with Crippen molar-refractivity contribution in [2.75, 3.05) is 33.2 Å². The smallest absolute Gasteiger partial charge is 0.269 e. The van der Waals surface area contributed by atoms with Gasteiger partial charge in [0.25, 0.3) is 5.91 Å². The Morgan fingerprint density at radius 1 is 0.967 bits per heavy atom. The van der Waals surface area contributed by atoms with Crippen molar-refractivity contribution in [2.24, 2.45) is 0 Å². The van der Waals surface area contributed by atoms with Gasteiger partial charge in [-0.15, -0.1) is 0 Å². The van der Waals surface area contributed by atoms with Crippen molar-refractivity contribution in [3.63, 3.8) is 0 Å². The fourth-order valence-electron chi connectivity index (χ4n) is 3.36. The molecular formula is C21H20Cl3N5O. The van der Waals surface area contributed by atoms with Crippen LogP contribution in [0, 0.1) is 0 Å². The molecule has 0 spiro atoms. The third kappa shape index (κ3) is 4.48. The zero-order chi connectivity index (χ0) is 21.3. The number of nitrogens with one attached hydrogen (secondary N) is 1. The first-order valence-corrected chi connectivity index (χ1v) is 10.6. The van der Waals surface area contributed by atoms with Crippen molar-refractivity contribution in [1.82, 2.24) is 25.1 Å². The average molecular weight is 465 g/mol. The molecule has 0 saturated carbocycles. The van der Waals surface area contributed by atoms with Crippen LogP contribution >= 0.6 is 34.8 Å². The van der Waals surface area contributed by atoms with Crippen LogP contribution in [-0.2, 0) is 0 Å². The van der Waals surface area contributed by atoms with E-state index >= 15 is 0 Å². The Morgan fingerprint density at radius 3 is 2.30 bits per heavy atom. The van der Waals surface area contributed by atoms with Gasteiger partial charge in [-0.2, -0.15) is 5.10 Å². The highest BCUT2D eigenvalue weighted by molar-refractivity contribution is 6.35. The van der Waals surface area contributed by atoms with E-state index in [-0.39, 0.29) is 5.91 Å². The second-order valence-electron chi connectivity index (χ2n) is 7.15. The zero-order valence-corrected chi connectivity index (χ0v) is 18.5. The summed E-state index contributed by atoms with van der Waals surface area (Å²) in [6.45, 7) is 3.30. The summed E-state index contributed by atoms with van der Waals surface area (Å²) in [5.41, 5.74) is 5.50. The Balaban J connectivity index is 1.74. The van der Waals surface area contributed by atoms with Gasteiger partial charge in [0.2, 0.25) is 0 Å². The molecule has 4 rings (SSSR count). The predicted molar refractivity (Wildman–Crippen MR) is 121 cm³/mol. The SMILES string of the molecule is CN1CCN(NC(=O)c2cnn(-c3ccc(Cl)cc3Cl)c2-c2ccc(Cl)cc2)CC1. The molecule has 1 saturated heterocycles. The van der Waals surface area contributed by atoms with E-state index in [0.29, 0.717) is 32.0 Å². The molecule has 0 unspecified atom stereocenters. The summed E-state index contributed by atoms with van der Waals surface area (Å²) in [6, 6.07) is 12.4. The first kappa shape index (κ1) is 21.2. The van der Waals surface area contributed by atoms with Crippen LogP contribution in [0.15, 0.2) is 48.7 Å². The molecule has 2 aromatic carbocycles. The lowest BCUT2D eigenvalue weighted by Crippen LogP contribution is -2.52. The molecule has 156 valence electrons. The fourth-order valence-corrected chi connectivity index (χ4v) is 3.97. The molecule has 1 aliphatic heterocycles. The van der Waals surface area contributed by atoms with E-state index in [2.05, 4.69) is 22.5 Å². The normalized spacial score (nSPS) is 15.3. The summed E-state index contributed by atoms with van der Waals surface area (Å²) in [6.07, 6.45) is 1.56. The number of rotatable bonds is 4. The molecule has 1 aliphatic rings. The van der Waals surface area contributed by atoms with Crippen LogP contribution in [0.1, 0.15) is 10.4 Å². The molecule has 2 heterocycles. The second-order valence-corrected chi connectivity index (χ2v) is 8.43. The Morgan fingerprint density at radius 2 is 1.63 bits per heavy atom. The minimum atomic E-state index is -0.221. The summed E-state index contributed by atoms with van der Waals surface area (Å²) in [7, 11) is 2.07. The van der Waals surface area contributed by atoms with Crippen molar-refractivity contribution in [3.05, 3.63) is 69.3 Å². The molecular weight excluding hydrogens is 445 g/mol. The number of benzene rings is 2. The van der Waals surface area contributed by atoms with Crippen molar-refractivity contribution < 1.29 is 4.79 Å². The molecule has 0 radical (unpaired) electrons. The van der Waals surface area contributed by atoms with E-state index < -0.39 is 0 Å². The average Bonchev–Trinajstić information content (AvgIpc) is 3.15. The van der Waals surface area contributed by atoms with Crippen LogP contribution in [0.5, 0.6) is 0 Å². The summed E-state index contributed by atoms with van der Waals surface area (Å²) in [5, 5.41) is 7.97. The van der Waals surface area contributed by atoms with Gasteiger partial charge in [0.05, 0.1) is 28.2 Å². The number of likely N-dealkylation sites (N-methyl/N-ethyl adjacent to an activating group) is 1. The van der Waals surface area contributed by atoms with Gasteiger partial charge in [-0.05, 0) is 37.4 Å². The van der Waals surface area contributed by atoms with Gasteiger partial charge in [0, 0.05) is 41.8 Å². The highest BCUT2D eigenvalue weighted by atomic mass is 35.5. The summed E-state index contributed by atoms with van der Waals surface area (Å²) in [5.74, 6) is -0.221. The first-order chi connectivity index (χ1) is 14.4. The Bertz CT molecular complexity index is 1060. The van der Waals surface area contributed by atoms with Gasteiger partial charge >= 0.3 is 0 Å². The molecule has 1 amide bonds. The van der Waals surface area contributed by atoms with E-state index in [1.165, 1.54) is 0 Å². The molecule has 6 nitrogen and oxygen atoms in total. The number of hydrogen-bond acceptors (Lipinski definition) is 4. The number of hydrazine groups is 1. The summed E-state index contributed by atoms with van der Waals surface area (Å²) >= 11 is 18.5. The summed E-state index contributed by atoms with van der Waals surface area (Å²) < 4.78 is 1.65. The minimum Gasteiger partial charge on any atom is -0.304 e. The molecule has 1 aromatic heterocycles. The topological polar surface area (TPSA) is 53.4 Å². The predicted octanol–water partition coefficient (Wildman–Crippen LogP) is 4.39. The van der Waals surface area contributed by atoms with Crippen LogP contribution in [0.25, 0.3) is 16.9 Å². The van der Waals surface area contributed by atoms with Gasteiger partial charge in [0.1, 0.15) is 0 Å². The molecule has 0 aliphatic carbocycles. The number of amides is 1. The standard InChI is InChI=1S/C21H20Cl3N5O/c1-27-8-10-28(11-9-27)26-21(30)17-13-25-29(19-7-6-16(23)12-18(19)24)20(17)14-2-4-15(22)5-3-14/h2-7,12-13H,8-11H2,1H3,(H,26,30). The van der Waals surface area contributed by atoms with E-state index in [1.807, 2.05) is 17.1 Å². The molecule has 0 atom stereocenters. The lowest BCUT2D eigenvalue weighted by molar-refractivity contribution is 0.0663. The third-order valence-corrected chi connectivity index (χ3v) is 5.82. The number of nitrogens with zero attached hydrogens (tertiary/aromatic N) is 4. The van der Waals surface area contributed by atoms with Crippen LogP contribution < -0.4 is 5.43 Å². The van der Waals surface area contributed by atoms with Crippen molar-refractivity contribution in [3.8, 4) is 16.9 Å². The largest absolute Gasteiger partial charge is 0.304 e. The van der Waals surface area contributed by atoms with Gasteiger partial charge < -0.3 is 4.90 Å². The van der Waals surface area contributed by atoms with Gasteiger partial charge in [-0.25, -0.2) is 9.69 Å². The van der Waals surface area contributed by atoms with Crippen LogP contribution in [0.4, 0.5) is 0 Å². The number of halogens is 3. The Labute approximate surface area is 189 Å². The summed E-state index contributed by atoms with van der Waals surface area (Å²) in [4.78, 5) is 15.4. The van der Waals surface area contributed by atoms with Crippen LogP contribution in [-0.4, -0.2) is 58.8 Å². The maximum Gasteiger partial charge on any atom is 0.269 e. The molecule has 9 heteroatoms. The van der Waals surface area contributed by atoms with Gasteiger partial charge in [-0.3, -0.25) is 10.2 Å². The maximum atomic E-state index is 13.1. The van der Waals surface area contributed by atoms with E-state index in [0.717, 1.165) is 31.7 Å². The lowest BCUT2D eigenvalue weighted by atomic mass is 10.1. The highest BCUT2D eigenvalue weighted by Gasteiger charge is 2.24. The second kappa shape index (κ2) is 8.96. The van der Waals surface area contributed by atoms with Crippen molar-refractivity contribution >= 4 is 40.7 Å². The third-order valence-electron chi connectivity index (χ3n) is 5.03. The van der Waals surface area contributed by atoms with Crippen LogP contribution in [0.3, 0.4) is 0 Å². The maximum absolute atomic E-state index is 13.1. The van der Waals surface area contributed by atoms with Gasteiger partial charge in [0.15, 0.2) is 0 Å². The number of piperazine rings is 1. The zero-order valence-electron chi connectivity index (χ0n) is 16.3. The lowest BCUT2D eigenvalue weighted by Gasteiger charge is -2.32. The number of hydrogen-bond donors (Lipinski definition) is 1. The molecule has 3 aromatic rings. The fraction of sp³-hybridized carbons (Fsp3) is 0.238. The quantitative estimate of drug-likeness (QED) is 0.622. The van der Waals surface area contributed by atoms with Gasteiger partial charge in [-0.1, -0.05) is 46.9 Å². The highest BCUT2D eigenvalue weighted by Crippen LogP contribution is 2.32. The Hall–Kier alpha value is -2.09. The molecule has 30 heavy (non-hydrogen) atoms. The van der Waals surface area contributed by atoms with E-state index in [1.54, 1.807) is 41.2 Å². The van der Waals surface area contributed by atoms with Crippen molar-refractivity contribution in [2.45, 2.75) is 0 Å². The van der Waals surface area contributed by atoms with Crippen LogP contribution in [0.2, 0.25) is 15.1 Å². The van der Waals surface area contributed by atoms with E-state index in [4.69, 9.17) is 34.8 Å².